The fourth-order valence-electron chi connectivity index (χ4n) is 3.50. The lowest BCUT2D eigenvalue weighted by molar-refractivity contribution is -0.133. The molecular formula is C19H28N2O3. The first kappa shape index (κ1) is 17.2. The number of carbonyl (C=O) groups is 1. The molecule has 1 aromatic rings. The maximum atomic E-state index is 12.3. The number of hydrogen-bond donors (Lipinski definition) is 0. The van der Waals surface area contributed by atoms with Gasteiger partial charge in [0.15, 0.2) is 0 Å². The number of hydrogen-bond acceptors (Lipinski definition) is 4. The molecular weight excluding hydrogens is 304 g/mol. The number of amides is 1. The fourth-order valence-corrected chi connectivity index (χ4v) is 3.50. The number of carbonyl (C=O) groups excluding carboxylic acids is 1. The van der Waals surface area contributed by atoms with Gasteiger partial charge in [-0.15, -0.1) is 0 Å². The van der Waals surface area contributed by atoms with E-state index in [1.165, 1.54) is 5.56 Å². The van der Waals surface area contributed by atoms with E-state index in [0.717, 1.165) is 64.3 Å². The normalized spacial score (nSPS) is 21.9. The van der Waals surface area contributed by atoms with Crippen LogP contribution in [0.1, 0.15) is 31.2 Å². The summed E-state index contributed by atoms with van der Waals surface area (Å²) in [5.74, 6) is 1.18. The molecule has 24 heavy (non-hydrogen) atoms. The van der Waals surface area contributed by atoms with E-state index in [1.807, 2.05) is 17.0 Å². The molecule has 0 bridgehead atoms. The highest BCUT2D eigenvalue weighted by molar-refractivity contribution is 5.76. The van der Waals surface area contributed by atoms with Gasteiger partial charge in [0.1, 0.15) is 5.75 Å². The summed E-state index contributed by atoms with van der Waals surface area (Å²) in [6.45, 7) is 5.30. The third kappa shape index (κ3) is 4.71. The van der Waals surface area contributed by atoms with Crippen LogP contribution in [0.4, 0.5) is 0 Å². The first-order valence-electron chi connectivity index (χ1n) is 8.99. The molecule has 0 radical (unpaired) electrons. The number of ether oxygens (including phenoxy) is 2. The van der Waals surface area contributed by atoms with E-state index in [-0.39, 0.29) is 5.91 Å². The molecule has 0 N–H and O–H groups in total. The quantitative estimate of drug-likeness (QED) is 0.802. The molecule has 2 aliphatic heterocycles. The number of rotatable bonds is 6. The molecule has 1 amide bonds. The van der Waals surface area contributed by atoms with Crippen molar-refractivity contribution in [2.75, 3.05) is 39.9 Å². The van der Waals surface area contributed by atoms with Crippen LogP contribution in [0.5, 0.6) is 5.75 Å². The number of nitrogens with zero attached hydrogens (tertiary/aromatic N) is 2. The monoisotopic (exact) mass is 332 g/mol. The Kier molecular flexibility index (Phi) is 6.10. The Morgan fingerprint density at radius 1 is 1.29 bits per heavy atom. The molecule has 1 unspecified atom stereocenters. The minimum absolute atomic E-state index is 0.284. The minimum atomic E-state index is 0.284. The van der Waals surface area contributed by atoms with Gasteiger partial charge in [-0.1, -0.05) is 12.1 Å². The average Bonchev–Trinajstić information content (AvgIpc) is 3.14. The SMILES string of the molecule is COc1cccc(CN2CCN(C(=O)CCC3CCCO3)CC2)c1. The second-order valence-corrected chi connectivity index (χ2v) is 6.68. The van der Waals surface area contributed by atoms with Crippen LogP contribution in [-0.4, -0.2) is 61.7 Å². The molecule has 2 aliphatic rings. The summed E-state index contributed by atoms with van der Waals surface area (Å²) < 4.78 is 10.9. The zero-order valence-corrected chi connectivity index (χ0v) is 14.6. The molecule has 132 valence electrons. The van der Waals surface area contributed by atoms with Gasteiger partial charge in [-0.3, -0.25) is 9.69 Å². The molecule has 0 spiro atoms. The lowest BCUT2D eigenvalue weighted by Gasteiger charge is -2.35. The van der Waals surface area contributed by atoms with Gasteiger partial charge in [-0.05, 0) is 37.0 Å². The Labute approximate surface area is 144 Å². The predicted molar refractivity (Wildman–Crippen MR) is 93.1 cm³/mol. The lowest BCUT2D eigenvalue weighted by atomic mass is 10.1. The molecule has 2 saturated heterocycles. The van der Waals surface area contributed by atoms with Crippen molar-refractivity contribution in [1.29, 1.82) is 0 Å². The Hall–Kier alpha value is -1.59. The maximum Gasteiger partial charge on any atom is 0.222 e. The first-order chi connectivity index (χ1) is 11.7. The van der Waals surface area contributed by atoms with Gasteiger partial charge in [0, 0.05) is 45.8 Å². The Balaban J connectivity index is 1.40. The van der Waals surface area contributed by atoms with Crippen LogP contribution in [0, 0.1) is 0 Å². The van der Waals surface area contributed by atoms with Crippen LogP contribution >= 0.6 is 0 Å². The van der Waals surface area contributed by atoms with E-state index in [2.05, 4.69) is 17.0 Å². The zero-order chi connectivity index (χ0) is 16.8. The summed E-state index contributed by atoms with van der Waals surface area (Å²) >= 11 is 0. The molecule has 5 heteroatoms. The highest BCUT2D eigenvalue weighted by atomic mass is 16.5. The number of benzene rings is 1. The standard InChI is InChI=1S/C19H28N2O3/c1-23-18-5-2-4-16(14-18)15-20-9-11-21(12-10-20)19(22)8-7-17-6-3-13-24-17/h2,4-5,14,17H,3,6-13,15H2,1H3. The molecule has 2 fully saturated rings. The third-order valence-corrected chi connectivity index (χ3v) is 4.97. The molecule has 5 nitrogen and oxygen atoms in total. The van der Waals surface area contributed by atoms with E-state index in [4.69, 9.17) is 9.47 Å². The van der Waals surface area contributed by atoms with E-state index in [0.29, 0.717) is 12.5 Å². The van der Waals surface area contributed by atoms with E-state index in [9.17, 15) is 4.79 Å². The van der Waals surface area contributed by atoms with Crippen molar-refractivity contribution >= 4 is 5.91 Å². The van der Waals surface area contributed by atoms with Gasteiger partial charge in [-0.25, -0.2) is 0 Å². The highest BCUT2D eigenvalue weighted by Gasteiger charge is 2.23. The zero-order valence-electron chi connectivity index (χ0n) is 14.6. The van der Waals surface area contributed by atoms with Crippen LogP contribution in [-0.2, 0) is 16.1 Å². The van der Waals surface area contributed by atoms with Crippen molar-refractivity contribution in [3.05, 3.63) is 29.8 Å². The lowest BCUT2D eigenvalue weighted by Crippen LogP contribution is -2.48. The summed E-state index contributed by atoms with van der Waals surface area (Å²) in [7, 11) is 1.69. The summed E-state index contributed by atoms with van der Waals surface area (Å²) in [5, 5.41) is 0. The van der Waals surface area contributed by atoms with Crippen molar-refractivity contribution in [2.24, 2.45) is 0 Å². The molecule has 0 aliphatic carbocycles. The van der Waals surface area contributed by atoms with E-state index in [1.54, 1.807) is 7.11 Å². The van der Waals surface area contributed by atoms with Crippen LogP contribution in [0.3, 0.4) is 0 Å². The molecule has 3 rings (SSSR count). The minimum Gasteiger partial charge on any atom is -0.497 e. The molecule has 1 atom stereocenters. The highest BCUT2D eigenvalue weighted by Crippen LogP contribution is 2.18. The summed E-state index contributed by atoms with van der Waals surface area (Å²) in [6, 6.07) is 8.20. The summed E-state index contributed by atoms with van der Waals surface area (Å²) in [4.78, 5) is 16.8. The van der Waals surface area contributed by atoms with Gasteiger partial charge < -0.3 is 14.4 Å². The second kappa shape index (κ2) is 8.49. The molecule has 0 saturated carbocycles. The predicted octanol–water partition coefficient (Wildman–Crippen LogP) is 2.30. The van der Waals surface area contributed by atoms with Crippen molar-refractivity contribution in [1.82, 2.24) is 9.80 Å². The second-order valence-electron chi connectivity index (χ2n) is 6.68. The van der Waals surface area contributed by atoms with Gasteiger partial charge >= 0.3 is 0 Å². The Bertz CT molecular complexity index is 535. The summed E-state index contributed by atoms with van der Waals surface area (Å²) in [6.07, 6.45) is 4.07. The van der Waals surface area contributed by atoms with Crippen molar-refractivity contribution in [3.8, 4) is 5.75 Å². The summed E-state index contributed by atoms with van der Waals surface area (Å²) in [5.41, 5.74) is 1.26. The van der Waals surface area contributed by atoms with Crippen LogP contribution in [0.2, 0.25) is 0 Å². The average molecular weight is 332 g/mol. The van der Waals surface area contributed by atoms with Gasteiger partial charge in [0.05, 0.1) is 13.2 Å². The largest absolute Gasteiger partial charge is 0.497 e. The molecule has 1 aromatic carbocycles. The van der Waals surface area contributed by atoms with Crippen molar-refractivity contribution < 1.29 is 14.3 Å². The number of methoxy groups -OCH3 is 1. The van der Waals surface area contributed by atoms with Gasteiger partial charge in [0.25, 0.3) is 0 Å². The first-order valence-corrected chi connectivity index (χ1v) is 8.99. The smallest absolute Gasteiger partial charge is 0.222 e. The van der Waals surface area contributed by atoms with E-state index < -0.39 is 0 Å². The topological polar surface area (TPSA) is 42.0 Å². The van der Waals surface area contributed by atoms with Crippen LogP contribution in [0.15, 0.2) is 24.3 Å². The third-order valence-electron chi connectivity index (χ3n) is 4.97. The van der Waals surface area contributed by atoms with Gasteiger partial charge in [-0.2, -0.15) is 0 Å². The maximum absolute atomic E-state index is 12.3. The number of piperazine rings is 1. The van der Waals surface area contributed by atoms with Crippen LogP contribution in [0.25, 0.3) is 0 Å². The van der Waals surface area contributed by atoms with Gasteiger partial charge in [0.2, 0.25) is 5.91 Å². The molecule has 0 aromatic heterocycles. The fraction of sp³-hybridized carbons (Fsp3) is 0.632. The van der Waals surface area contributed by atoms with Crippen LogP contribution < -0.4 is 4.74 Å². The Morgan fingerprint density at radius 2 is 2.12 bits per heavy atom. The van der Waals surface area contributed by atoms with E-state index >= 15 is 0 Å². The van der Waals surface area contributed by atoms with Crippen molar-refractivity contribution in [3.63, 3.8) is 0 Å². The van der Waals surface area contributed by atoms with Crippen molar-refractivity contribution in [2.45, 2.75) is 38.3 Å². The Morgan fingerprint density at radius 3 is 2.83 bits per heavy atom. The molecule has 2 heterocycles.